The van der Waals surface area contributed by atoms with Gasteiger partial charge < -0.3 is 5.32 Å². The molecule has 5 heteroatoms. The lowest BCUT2D eigenvalue weighted by Crippen LogP contribution is -2.17. The van der Waals surface area contributed by atoms with Crippen LogP contribution in [0.15, 0.2) is 17.8 Å². The van der Waals surface area contributed by atoms with Gasteiger partial charge in [0.25, 0.3) is 5.91 Å². The molecule has 12 heavy (non-hydrogen) atoms. The molecule has 1 N–H and O–H groups in total. The van der Waals surface area contributed by atoms with Gasteiger partial charge in [-0.05, 0) is 0 Å². The van der Waals surface area contributed by atoms with Gasteiger partial charge >= 0.3 is 0 Å². The van der Waals surface area contributed by atoms with Crippen molar-refractivity contribution in [3.05, 3.63) is 23.5 Å². The van der Waals surface area contributed by atoms with Gasteiger partial charge in [0.2, 0.25) is 0 Å². The van der Waals surface area contributed by atoms with Crippen LogP contribution in [0.25, 0.3) is 4.96 Å². The van der Waals surface area contributed by atoms with Gasteiger partial charge in [0, 0.05) is 24.8 Å². The Morgan fingerprint density at radius 2 is 2.58 bits per heavy atom. The van der Waals surface area contributed by atoms with E-state index in [0.29, 0.717) is 5.69 Å². The number of carbonyl (C=O) groups excluding carboxylic acids is 1. The lowest BCUT2D eigenvalue weighted by molar-refractivity contribution is 0.0959. The van der Waals surface area contributed by atoms with Crippen molar-refractivity contribution in [1.29, 1.82) is 0 Å². The van der Waals surface area contributed by atoms with Crippen LogP contribution in [0.5, 0.6) is 0 Å². The van der Waals surface area contributed by atoms with Crippen molar-refractivity contribution in [2.24, 2.45) is 0 Å². The van der Waals surface area contributed by atoms with Crippen LogP contribution in [0.4, 0.5) is 0 Å². The first-order chi connectivity index (χ1) is 5.81. The van der Waals surface area contributed by atoms with Gasteiger partial charge in [0.1, 0.15) is 5.69 Å². The van der Waals surface area contributed by atoms with Crippen molar-refractivity contribution in [1.82, 2.24) is 14.7 Å². The van der Waals surface area contributed by atoms with Crippen molar-refractivity contribution in [3.8, 4) is 0 Å². The molecule has 62 valence electrons. The molecule has 2 aromatic rings. The van der Waals surface area contributed by atoms with Crippen LogP contribution >= 0.6 is 11.3 Å². The number of imidazole rings is 1. The summed E-state index contributed by atoms with van der Waals surface area (Å²) < 4.78 is 1.83. The minimum absolute atomic E-state index is 0.147. The van der Waals surface area contributed by atoms with Crippen LogP contribution in [-0.4, -0.2) is 22.3 Å². The summed E-state index contributed by atoms with van der Waals surface area (Å²) in [6.45, 7) is 0. The molecule has 0 aromatic carbocycles. The van der Waals surface area contributed by atoms with Gasteiger partial charge in [0.05, 0.1) is 0 Å². The van der Waals surface area contributed by atoms with Crippen LogP contribution in [0.2, 0.25) is 0 Å². The molecule has 0 fully saturated rings. The third kappa shape index (κ3) is 0.984. The Morgan fingerprint density at radius 1 is 1.75 bits per heavy atom. The van der Waals surface area contributed by atoms with E-state index < -0.39 is 0 Å². The number of rotatable bonds is 1. The molecule has 0 aliphatic heterocycles. The largest absolute Gasteiger partial charge is 0.354 e. The molecule has 0 radical (unpaired) electrons. The van der Waals surface area contributed by atoms with Gasteiger partial charge in [-0.1, -0.05) is 0 Å². The fourth-order valence-corrected chi connectivity index (χ4v) is 1.66. The van der Waals surface area contributed by atoms with Gasteiger partial charge in [-0.3, -0.25) is 9.20 Å². The molecule has 2 heterocycles. The summed E-state index contributed by atoms with van der Waals surface area (Å²) in [5, 5.41) is 4.45. The maximum Gasteiger partial charge on any atom is 0.271 e. The van der Waals surface area contributed by atoms with E-state index in [4.69, 9.17) is 0 Å². The number of carbonyl (C=O) groups is 1. The maximum atomic E-state index is 11.1. The molecule has 0 bridgehead atoms. The predicted molar refractivity (Wildman–Crippen MR) is 46.5 cm³/mol. The third-order valence-electron chi connectivity index (χ3n) is 1.55. The number of amides is 1. The van der Waals surface area contributed by atoms with E-state index in [1.807, 2.05) is 16.0 Å². The number of fused-ring (bicyclic) bond motifs is 1. The molecule has 4 nitrogen and oxygen atoms in total. The summed E-state index contributed by atoms with van der Waals surface area (Å²) >= 11 is 1.51. The molecule has 0 saturated carbocycles. The highest BCUT2D eigenvalue weighted by atomic mass is 32.1. The second-order valence-electron chi connectivity index (χ2n) is 2.30. The number of nitrogens with one attached hydrogen (secondary N) is 1. The fraction of sp³-hybridized carbons (Fsp3) is 0.143. The maximum absolute atomic E-state index is 11.1. The Labute approximate surface area is 72.9 Å². The Balaban J connectivity index is 2.51. The van der Waals surface area contributed by atoms with Crippen molar-refractivity contribution in [3.63, 3.8) is 0 Å². The second kappa shape index (κ2) is 2.60. The Morgan fingerprint density at radius 3 is 3.25 bits per heavy atom. The van der Waals surface area contributed by atoms with Crippen molar-refractivity contribution in [2.45, 2.75) is 0 Å². The fourth-order valence-electron chi connectivity index (χ4n) is 0.965. The highest BCUT2D eigenvalue weighted by Crippen LogP contribution is 2.10. The highest BCUT2D eigenvalue weighted by Gasteiger charge is 2.08. The monoisotopic (exact) mass is 181 g/mol. The first kappa shape index (κ1) is 7.30. The first-order valence-corrected chi connectivity index (χ1v) is 4.33. The quantitative estimate of drug-likeness (QED) is 0.705. The van der Waals surface area contributed by atoms with Crippen molar-refractivity contribution in [2.75, 3.05) is 7.05 Å². The smallest absolute Gasteiger partial charge is 0.271 e. The van der Waals surface area contributed by atoms with E-state index in [2.05, 4.69) is 10.3 Å². The Bertz CT molecular complexity index is 388. The summed E-state index contributed by atoms with van der Waals surface area (Å²) in [6, 6.07) is 0. The molecule has 1 amide bonds. The van der Waals surface area contributed by atoms with E-state index in [-0.39, 0.29) is 5.91 Å². The number of nitrogens with zero attached hydrogens (tertiary/aromatic N) is 2. The minimum atomic E-state index is -0.147. The summed E-state index contributed by atoms with van der Waals surface area (Å²) in [6.07, 6.45) is 3.59. The van der Waals surface area contributed by atoms with Crippen molar-refractivity contribution >= 4 is 22.2 Å². The van der Waals surface area contributed by atoms with E-state index in [1.54, 1.807) is 13.2 Å². The SMILES string of the molecule is CNC(=O)c1cn2ccsc2n1. The van der Waals surface area contributed by atoms with Crippen LogP contribution in [0, 0.1) is 0 Å². The molecule has 2 aromatic heterocycles. The molecule has 0 atom stereocenters. The van der Waals surface area contributed by atoms with E-state index in [9.17, 15) is 4.79 Å². The molecule has 0 aliphatic carbocycles. The minimum Gasteiger partial charge on any atom is -0.354 e. The molecule has 0 saturated heterocycles. The Kier molecular flexibility index (Phi) is 1.58. The van der Waals surface area contributed by atoms with Crippen LogP contribution in [0.3, 0.4) is 0 Å². The van der Waals surface area contributed by atoms with Gasteiger partial charge in [0.15, 0.2) is 4.96 Å². The highest BCUT2D eigenvalue weighted by molar-refractivity contribution is 7.15. The lowest BCUT2D eigenvalue weighted by Gasteiger charge is -1.89. The topological polar surface area (TPSA) is 46.4 Å². The number of aromatic nitrogens is 2. The first-order valence-electron chi connectivity index (χ1n) is 3.45. The van der Waals surface area contributed by atoms with E-state index in [1.165, 1.54) is 11.3 Å². The second-order valence-corrected chi connectivity index (χ2v) is 3.17. The molecule has 0 spiro atoms. The van der Waals surface area contributed by atoms with Gasteiger partial charge in [-0.25, -0.2) is 4.98 Å². The van der Waals surface area contributed by atoms with Crippen LogP contribution < -0.4 is 5.32 Å². The van der Waals surface area contributed by atoms with E-state index in [0.717, 1.165) is 4.96 Å². The lowest BCUT2D eigenvalue weighted by atomic mass is 10.4. The predicted octanol–water partition coefficient (Wildman–Crippen LogP) is 0.755. The standard InChI is InChI=1S/C7H7N3OS/c1-8-6(11)5-4-10-2-3-12-7(10)9-5/h2-4H,1H3,(H,8,11). The summed E-state index contributed by atoms with van der Waals surface area (Å²) in [5.74, 6) is -0.147. The molecular weight excluding hydrogens is 174 g/mol. The van der Waals surface area contributed by atoms with Gasteiger partial charge in [-0.2, -0.15) is 0 Å². The average Bonchev–Trinajstić information content (AvgIpc) is 2.60. The molecule has 0 aliphatic rings. The molecule has 2 rings (SSSR count). The molecule has 0 unspecified atom stereocenters. The summed E-state index contributed by atoms with van der Waals surface area (Å²) in [5.41, 5.74) is 0.462. The summed E-state index contributed by atoms with van der Waals surface area (Å²) in [7, 11) is 1.59. The number of hydrogen-bond donors (Lipinski definition) is 1. The zero-order valence-corrected chi connectivity index (χ0v) is 7.26. The number of hydrogen-bond acceptors (Lipinski definition) is 3. The van der Waals surface area contributed by atoms with Crippen LogP contribution in [0.1, 0.15) is 10.5 Å². The normalized spacial score (nSPS) is 10.4. The zero-order chi connectivity index (χ0) is 8.55. The van der Waals surface area contributed by atoms with Crippen molar-refractivity contribution < 1.29 is 4.79 Å². The van der Waals surface area contributed by atoms with E-state index >= 15 is 0 Å². The van der Waals surface area contributed by atoms with Crippen LogP contribution in [-0.2, 0) is 0 Å². The third-order valence-corrected chi connectivity index (χ3v) is 2.32. The zero-order valence-electron chi connectivity index (χ0n) is 6.44. The Hall–Kier alpha value is -1.36. The summed E-state index contributed by atoms with van der Waals surface area (Å²) in [4.78, 5) is 16.1. The average molecular weight is 181 g/mol. The number of thiazole rings is 1. The molecular formula is C7H7N3OS. The van der Waals surface area contributed by atoms with Gasteiger partial charge in [-0.15, -0.1) is 11.3 Å².